The molecular weight excluding hydrogens is 478 g/mol. The second-order valence-electron chi connectivity index (χ2n) is 8.04. The largest absolute Gasteiger partial charge is 0.497 e. The fourth-order valence-corrected chi connectivity index (χ4v) is 4.46. The van der Waals surface area contributed by atoms with Crippen molar-refractivity contribution in [3.05, 3.63) is 58.6 Å². The lowest BCUT2D eigenvalue weighted by molar-refractivity contribution is -0.139. The number of nitrogens with zero attached hydrogens (tertiary/aromatic N) is 2. The van der Waals surface area contributed by atoms with Gasteiger partial charge >= 0.3 is 0 Å². The quantitative estimate of drug-likeness (QED) is 0.501. The summed E-state index contributed by atoms with van der Waals surface area (Å²) in [6.45, 7) is 5.39. The highest BCUT2D eigenvalue weighted by Gasteiger charge is 2.30. The molecule has 0 aliphatic heterocycles. The summed E-state index contributed by atoms with van der Waals surface area (Å²) in [5, 5.41) is 3.15. The first-order chi connectivity index (χ1) is 16.0. The second kappa shape index (κ2) is 12.1. The number of carbonyl (C=O) groups excluding carboxylic acids is 2. The Bertz CT molecular complexity index is 1120. The number of rotatable bonds is 11. The number of methoxy groups -OCH3 is 1. The first-order valence-corrected chi connectivity index (χ1v) is 13.1. The molecule has 0 saturated carbocycles. The Balaban J connectivity index is 2.43. The van der Waals surface area contributed by atoms with E-state index >= 15 is 0 Å². The highest BCUT2D eigenvalue weighted by Crippen LogP contribution is 2.27. The Morgan fingerprint density at radius 3 is 2.50 bits per heavy atom. The average Bonchev–Trinajstić information content (AvgIpc) is 2.79. The zero-order valence-electron chi connectivity index (χ0n) is 20.2. The molecule has 8 nitrogen and oxygen atoms in total. The number of ether oxygens (including phenoxy) is 1. The number of hydrogen-bond acceptors (Lipinski definition) is 5. The Morgan fingerprint density at radius 2 is 1.88 bits per heavy atom. The number of aryl methyl sites for hydroxylation is 1. The standard InChI is InChI=1S/C24H32ClN3O5S/c1-6-12-26-24(30)18(3)27(15-19-8-7-9-21(13-19)33-4)23(29)16-28(34(5,31)32)22-14-20(25)11-10-17(22)2/h7-11,13-14,18H,6,12,15-16H2,1-5H3,(H,26,30). The average molecular weight is 510 g/mol. The van der Waals surface area contributed by atoms with Gasteiger partial charge in [0.15, 0.2) is 0 Å². The van der Waals surface area contributed by atoms with Crippen molar-refractivity contribution in [1.29, 1.82) is 0 Å². The first kappa shape index (κ1) is 27.5. The maximum atomic E-state index is 13.5. The van der Waals surface area contributed by atoms with Crippen LogP contribution in [-0.2, 0) is 26.2 Å². The molecule has 1 atom stereocenters. The minimum atomic E-state index is -3.82. The van der Waals surface area contributed by atoms with Gasteiger partial charge < -0.3 is 15.0 Å². The summed E-state index contributed by atoms with van der Waals surface area (Å²) in [4.78, 5) is 27.6. The van der Waals surface area contributed by atoms with Crippen molar-refractivity contribution in [2.75, 3.05) is 30.8 Å². The van der Waals surface area contributed by atoms with Crippen LogP contribution in [0.1, 0.15) is 31.4 Å². The lowest BCUT2D eigenvalue weighted by Crippen LogP contribution is -2.51. The van der Waals surface area contributed by atoms with Crippen LogP contribution in [0.25, 0.3) is 0 Å². The smallest absolute Gasteiger partial charge is 0.244 e. The number of hydrogen-bond donors (Lipinski definition) is 1. The van der Waals surface area contributed by atoms with Gasteiger partial charge in [0.05, 0.1) is 19.1 Å². The van der Waals surface area contributed by atoms with Gasteiger partial charge in [-0.15, -0.1) is 0 Å². The Hall–Kier alpha value is -2.78. The topological polar surface area (TPSA) is 96.0 Å². The van der Waals surface area contributed by atoms with E-state index in [-0.39, 0.29) is 12.5 Å². The van der Waals surface area contributed by atoms with Crippen LogP contribution >= 0.6 is 11.6 Å². The molecule has 0 fully saturated rings. The Kier molecular flexibility index (Phi) is 9.76. The van der Waals surface area contributed by atoms with E-state index in [0.29, 0.717) is 28.6 Å². The molecule has 1 unspecified atom stereocenters. The summed E-state index contributed by atoms with van der Waals surface area (Å²) in [5.74, 6) is -0.227. The Morgan fingerprint density at radius 1 is 1.18 bits per heavy atom. The van der Waals surface area contributed by atoms with Gasteiger partial charge in [-0.3, -0.25) is 13.9 Å². The van der Waals surface area contributed by atoms with Crippen LogP contribution in [0.4, 0.5) is 5.69 Å². The van der Waals surface area contributed by atoms with Gasteiger partial charge in [0.1, 0.15) is 18.3 Å². The normalized spacial score (nSPS) is 12.1. The van der Waals surface area contributed by atoms with E-state index in [1.807, 2.05) is 13.0 Å². The number of benzene rings is 2. The maximum absolute atomic E-state index is 13.5. The molecule has 34 heavy (non-hydrogen) atoms. The van der Waals surface area contributed by atoms with Crippen LogP contribution in [-0.4, -0.2) is 57.6 Å². The molecule has 10 heteroatoms. The van der Waals surface area contributed by atoms with Crippen LogP contribution in [0.5, 0.6) is 5.75 Å². The van der Waals surface area contributed by atoms with Crippen molar-refractivity contribution >= 4 is 39.1 Å². The zero-order valence-corrected chi connectivity index (χ0v) is 21.7. The van der Waals surface area contributed by atoms with Crippen LogP contribution < -0.4 is 14.4 Å². The number of carbonyl (C=O) groups is 2. The Labute approximate surface area is 206 Å². The highest BCUT2D eigenvalue weighted by atomic mass is 35.5. The van der Waals surface area contributed by atoms with E-state index in [1.54, 1.807) is 51.3 Å². The molecule has 2 rings (SSSR count). The summed E-state index contributed by atoms with van der Waals surface area (Å²) in [6.07, 6.45) is 1.78. The molecule has 1 N–H and O–H groups in total. The van der Waals surface area contributed by atoms with E-state index in [4.69, 9.17) is 16.3 Å². The van der Waals surface area contributed by atoms with Crippen molar-refractivity contribution in [2.24, 2.45) is 0 Å². The molecule has 0 heterocycles. The highest BCUT2D eigenvalue weighted by molar-refractivity contribution is 7.92. The summed E-state index contributed by atoms with van der Waals surface area (Å²) in [7, 11) is -2.28. The summed E-state index contributed by atoms with van der Waals surface area (Å²) in [5.41, 5.74) is 1.70. The van der Waals surface area contributed by atoms with Gasteiger partial charge in [0.25, 0.3) is 0 Å². The predicted octanol–water partition coefficient (Wildman–Crippen LogP) is 3.37. The van der Waals surface area contributed by atoms with Crippen molar-refractivity contribution in [2.45, 2.75) is 39.8 Å². The molecule has 186 valence electrons. The van der Waals surface area contributed by atoms with Crippen molar-refractivity contribution in [1.82, 2.24) is 10.2 Å². The molecule has 0 saturated heterocycles. The zero-order chi connectivity index (χ0) is 25.5. The van der Waals surface area contributed by atoms with Crippen molar-refractivity contribution in [3.8, 4) is 5.75 Å². The van der Waals surface area contributed by atoms with E-state index in [0.717, 1.165) is 22.5 Å². The molecule has 0 spiro atoms. The van der Waals surface area contributed by atoms with Gasteiger partial charge in [-0.1, -0.05) is 36.7 Å². The third-order valence-electron chi connectivity index (χ3n) is 5.32. The van der Waals surface area contributed by atoms with Gasteiger partial charge in [-0.2, -0.15) is 0 Å². The van der Waals surface area contributed by atoms with E-state index < -0.39 is 28.5 Å². The minimum absolute atomic E-state index is 0.100. The lowest BCUT2D eigenvalue weighted by atomic mass is 10.1. The van der Waals surface area contributed by atoms with Crippen LogP contribution in [0, 0.1) is 6.92 Å². The molecular formula is C24H32ClN3O5S. The third-order valence-corrected chi connectivity index (χ3v) is 6.68. The lowest BCUT2D eigenvalue weighted by Gasteiger charge is -2.32. The van der Waals surface area contributed by atoms with Crippen LogP contribution in [0.3, 0.4) is 0 Å². The SMILES string of the molecule is CCCNC(=O)C(C)N(Cc1cccc(OC)c1)C(=O)CN(c1cc(Cl)ccc1C)S(C)(=O)=O. The van der Waals surface area contributed by atoms with Crippen LogP contribution in [0.15, 0.2) is 42.5 Å². The predicted molar refractivity (Wildman–Crippen MR) is 135 cm³/mol. The molecule has 0 radical (unpaired) electrons. The molecule has 0 aliphatic carbocycles. The fourth-order valence-electron chi connectivity index (χ4n) is 3.39. The number of anilines is 1. The number of halogens is 1. The maximum Gasteiger partial charge on any atom is 0.244 e. The van der Waals surface area contributed by atoms with Crippen molar-refractivity contribution < 1.29 is 22.7 Å². The summed E-state index contributed by atoms with van der Waals surface area (Å²) in [6, 6.07) is 11.2. The second-order valence-corrected chi connectivity index (χ2v) is 10.4. The molecule has 0 aromatic heterocycles. The van der Waals surface area contributed by atoms with Crippen molar-refractivity contribution in [3.63, 3.8) is 0 Å². The van der Waals surface area contributed by atoms with Gasteiger partial charge in [0.2, 0.25) is 21.8 Å². The van der Waals surface area contributed by atoms with Gasteiger partial charge in [-0.05, 0) is 55.7 Å². The fraction of sp³-hybridized carbons (Fsp3) is 0.417. The van der Waals surface area contributed by atoms with E-state index in [9.17, 15) is 18.0 Å². The molecule has 2 aromatic carbocycles. The summed E-state index contributed by atoms with van der Waals surface area (Å²) < 4.78 is 31.6. The monoisotopic (exact) mass is 509 g/mol. The minimum Gasteiger partial charge on any atom is -0.497 e. The third kappa shape index (κ3) is 7.36. The van der Waals surface area contributed by atoms with Gasteiger partial charge in [0, 0.05) is 18.1 Å². The number of amides is 2. The van der Waals surface area contributed by atoms with E-state index in [1.165, 1.54) is 11.0 Å². The van der Waals surface area contributed by atoms with Gasteiger partial charge in [-0.25, -0.2) is 8.42 Å². The molecule has 2 amide bonds. The summed E-state index contributed by atoms with van der Waals surface area (Å²) >= 11 is 6.10. The van der Waals surface area contributed by atoms with Crippen LogP contribution in [0.2, 0.25) is 5.02 Å². The number of sulfonamides is 1. The molecule has 0 bridgehead atoms. The molecule has 2 aromatic rings. The molecule has 0 aliphatic rings. The first-order valence-electron chi connectivity index (χ1n) is 10.9. The van der Waals surface area contributed by atoms with E-state index in [2.05, 4.69) is 5.32 Å². The number of nitrogens with one attached hydrogen (secondary N) is 1.